The van der Waals surface area contributed by atoms with E-state index in [1.54, 1.807) is 13.8 Å². The number of aryl methyl sites for hydroxylation is 2. The third-order valence-electron chi connectivity index (χ3n) is 3.34. The van der Waals surface area contributed by atoms with Gasteiger partial charge in [-0.05, 0) is 38.5 Å². The highest BCUT2D eigenvalue weighted by atomic mass is 16.5. The second kappa shape index (κ2) is 6.23. The maximum Gasteiger partial charge on any atom is 0.285 e. The minimum atomic E-state index is -0.367. The molecule has 0 fully saturated rings. The molecule has 5 heteroatoms. The van der Waals surface area contributed by atoms with Crippen molar-refractivity contribution in [3.8, 4) is 11.8 Å². The van der Waals surface area contributed by atoms with E-state index in [2.05, 4.69) is 5.10 Å². The van der Waals surface area contributed by atoms with E-state index < -0.39 is 0 Å². The highest BCUT2D eigenvalue weighted by Gasteiger charge is 2.11. The molecule has 0 aliphatic carbocycles. The van der Waals surface area contributed by atoms with Crippen LogP contribution in [0.25, 0.3) is 0 Å². The molecule has 5 nitrogen and oxygen atoms in total. The molecule has 0 unspecified atom stereocenters. The van der Waals surface area contributed by atoms with Crippen molar-refractivity contribution in [3.63, 3.8) is 0 Å². The Bertz CT molecular complexity index is 740. The number of rotatable bonds is 4. The number of nitrogens with zero attached hydrogens (tertiary/aromatic N) is 3. The summed E-state index contributed by atoms with van der Waals surface area (Å²) in [4.78, 5) is 12.1. The molecule has 0 saturated heterocycles. The summed E-state index contributed by atoms with van der Waals surface area (Å²) in [6.45, 7) is 6.15. The van der Waals surface area contributed by atoms with Crippen molar-refractivity contribution in [1.82, 2.24) is 9.78 Å². The molecule has 0 amide bonds. The molecule has 2 aromatic rings. The minimum Gasteiger partial charge on any atom is -0.492 e. The van der Waals surface area contributed by atoms with E-state index in [4.69, 9.17) is 10.00 Å². The average Bonchev–Trinajstić information content (AvgIpc) is 2.47. The fourth-order valence-electron chi connectivity index (χ4n) is 1.94. The Morgan fingerprint density at radius 3 is 2.52 bits per heavy atom. The van der Waals surface area contributed by atoms with Crippen LogP contribution in [-0.4, -0.2) is 16.4 Å². The van der Waals surface area contributed by atoms with Gasteiger partial charge in [0.05, 0.1) is 12.2 Å². The summed E-state index contributed by atoms with van der Waals surface area (Å²) in [5.41, 5.74) is 2.26. The van der Waals surface area contributed by atoms with Crippen LogP contribution in [0.5, 0.6) is 5.75 Å². The van der Waals surface area contributed by atoms with Crippen LogP contribution in [0.15, 0.2) is 29.1 Å². The van der Waals surface area contributed by atoms with Crippen molar-refractivity contribution >= 4 is 0 Å². The van der Waals surface area contributed by atoms with E-state index in [1.165, 1.54) is 4.68 Å². The zero-order valence-corrected chi connectivity index (χ0v) is 12.4. The standard InChI is InChI=1S/C16H17N3O2/c1-11-4-6-14(7-5-11)21-9-8-19-16(20)15(10-17)12(2)13(3)18-19/h4-7H,8-9H2,1-3H3. The monoisotopic (exact) mass is 283 g/mol. The van der Waals surface area contributed by atoms with Gasteiger partial charge in [-0.25, -0.2) is 4.68 Å². The molecule has 0 spiro atoms. The molecule has 0 N–H and O–H groups in total. The molecule has 2 rings (SSSR count). The third kappa shape index (κ3) is 3.29. The van der Waals surface area contributed by atoms with Gasteiger partial charge in [0.25, 0.3) is 5.56 Å². The van der Waals surface area contributed by atoms with Crippen LogP contribution in [0, 0.1) is 32.1 Å². The fourth-order valence-corrected chi connectivity index (χ4v) is 1.94. The zero-order chi connectivity index (χ0) is 15.4. The lowest BCUT2D eigenvalue weighted by Crippen LogP contribution is -2.29. The first-order chi connectivity index (χ1) is 10.0. The SMILES string of the molecule is Cc1ccc(OCCn2nc(C)c(C)c(C#N)c2=O)cc1. The van der Waals surface area contributed by atoms with Crippen LogP contribution >= 0.6 is 0 Å². The van der Waals surface area contributed by atoms with E-state index in [0.717, 1.165) is 11.3 Å². The molecule has 0 bridgehead atoms. The van der Waals surface area contributed by atoms with E-state index in [9.17, 15) is 4.79 Å². The number of aromatic nitrogens is 2. The molecule has 108 valence electrons. The predicted octanol–water partition coefficient (Wildman–Crippen LogP) is 2.12. The lowest BCUT2D eigenvalue weighted by Gasteiger charge is -2.10. The highest BCUT2D eigenvalue weighted by Crippen LogP contribution is 2.11. The normalized spacial score (nSPS) is 10.2. The van der Waals surface area contributed by atoms with Gasteiger partial charge in [-0.15, -0.1) is 0 Å². The van der Waals surface area contributed by atoms with Gasteiger partial charge >= 0.3 is 0 Å². The Kier molecular flexibility index (Phi) is 4.39. The summed E-state index contributed by atoms with van der Waals surface area (Å²) in [6.07, 6.45) is 0. The Morgan fingerprint density at radius 1 is 1.24 bits per heavy atom. The largest absolute Gasteiger partial charge is 0.492 e. The number of benzene rings is 1. The Balaban J connectivity index is 2.11. The first kappa shape index (κ1) is 14.8. The fraction of sp³-hybridized carbons (Fsp3) is 0.312. The summed E-state index contributed by atoms with van der Waals surface area (Å²) in [7, 11) is 0. The number of hydrogen-bond acceptors (Lipinski definition) is 4. The molecule has 1 aromatic heterocycles. The molecule has 0 saturated carbocycles. The van der Waals surface area contributed by atoms with Gasteiger partial charge in [0.15, 0.2) is 0 Å². The Labute approximate surface area is 123 Å². The van der Waals surface area contributed by atoms with Crippen molar-refractivity contribution in [1.29, 1.82) is 5.26 Å². The smallest absolute Gasteiger partial charge is 0.285 e. The van der Waals surface area contributed by atoms with Crippen molar-refractivity contribution in [2.75, 3.05) is 6.61 Å². The summed E-state index contributed by atoms with van der Waals surface area (Å²) in [5.74, 6) is 0.748. The second-order valence-electron chi connectivity index (χ2n) is 4.89. The molecular weight excluding hydrogens is 266 g/mol. The highest BCUT2D eigenvalue weighted by molar-refractivity contribution is 5.36. The van der Waals surface area contributed by atoms with E-state index in [1.807, 2.05) is 37.3 Å². The van der Waals surface area contributed by atoms with Gasteiger partial charge in [0, 0.05) is 0 Å². The van der Waals surface area contributed by atoms with Crippen molar-refractivity contribution < 1.29 is 4.74 Å². The summed E-state index contributed by atoms with van der Waals surface area (Å²) in [5, 5.41) is 13.3. The summed E-state index contributed by atoms with van der Waals surface area (Å²) < 4.78 is 6.87. The number of hydrogen-bond donors (Lipinski definition) is 0. The number of nitriles is 1. The summed E-state index contributed by atoms with van der Waals surface area (Å²) >= 11 is 0. The van der Waals surface area contributed by atoms with Gasteiger partial charge in [0.2, 0.25) is 0 Å². The number of ether oxygens (including phenoxy) is 1. The van der Waals surface area contributed by atoms with Gasteiger partial charge in [0.1, 0.15) is 24.0 Å². The molecule has 0 aliphatic rings. The lowest BCUT2D eigenvalue weighted by atomic mass is 10.1. The quantitative estimate of drug-likeness (QED) is 0.862. The van der Waals surface area contributed by atoms with E-state index >= 15 is 0 Å². The van der Waals surface area contributed by atoms with Gasteiger partial charge < -0.3 is 4.74 Å². The molecule has 1 aromatic carbocycles. The van der Waals surface area contributed by atoms with Crippen molar-refractivity contribution in [3.05, 3.63) is 57.0 Å². The predicted molar refractivity (Wildman–Crippen MR) is 79.4 cm³/mol. The van der Waals surface area contributed by atoms with E-state index in [-0.39, 0.29) is 11.1 Å². The maximum atomic E-state index is 12.1. The van der Waals surface area contributed by atoms with Crippen molar-refractivity contribution in [2.24, 2.45) is 0 Å². The summed E-state index contributed by atoms with van der Waals surface area (Å²) in [6, 6.07) is 9.63. The first-order valence-electron chi connectivity index (χ1n) is 6.71. The zero-order valence-electron chi connectivity index (χ0n) is 12.4. The second-order valence-corrected chi connectivity index (χ2v) is 4.89. The maximum absolute atomic E-state index is 12.1. The molecule has 0 radical (unpaired) electrons. The third-order valence-corrected chi connectivity index (χ3v) is 3.34. The molecule has 0 atom stereocenters. The Hall–Kier alpha value is -2.61. The van der Waals surface area contributed by atoms with Crippen molar-refractivity contribution in [2.45, 2.75) is 27.3 Å². The van der Waals surface area contributed by atoms with Gasteiger partial charge in [-0.2, -0.15) is 10.4 Å². The van der Waals surface area contributed by atoms with Crippen LogP contribution in [0.3, 0.4) is 0 Å². The van der Waals surface area contributed by atoms with Crippen LogP contribution < -0.4 is 10.3 Å². The lowest BCUT2D eigenvalue weighted by molar-refractivity contribution is 0.287. The molecule has 0 aliphatic heterocycles. The molecule has 1 heterocycles. The Morgan fingerprint density at radius 2 is 1.90 bits per heavy atom. The van der Waals surface area contributed by atoms with Crippen LogP contribution in [0.2, 0.25) is 0 Å². The van der Waals surface area contributed by atoms with Gasteiger partial charge in [-0.3, -0.25) is 4.79 Å². The average molecular weight is 283 g/mol. The molecular formula is C16H17N3O2. The molecule has 21 heavy (non-hydrogen) atoms. The van der Waals surface area contributed by atoms with Gasteiger partial charge in [-0.1, -0.05) is 17.7 Å². The first-order valence-corrected chi connectivity index (χ1v) is 6.71. The topological polar surface area (TPSA) is 67.9 Å². The van der Waals surface area contributed by atoms with Crippen LogP contribution in [-0.2, 0) is 6.54 Å². The minimum absolute atomic E-state index is 0.151. The van der Waals surface area contributed by atoms with Crippen LogP contribution in [0.1, 0.15) is 22.4 Å². The van der Waals surface area contributed by atoms with E-state index in [0.29, 0.717) is 24.4 Å². The van der Waals surface area contributed by atoms with Crippen LogP contribution in [0.4, 0.5) is 0 Å².